The molecule has 0 aliphatic carbocycles. The second-order valence-corrected chi connectivity index (χ2v) is 7.36. The van der Waals surface area contributed by atoms with E-state index in [0.29, 0.717) is 6.61 Å². The van der Waals surface area contributed by atoms with E-state index < -0.39 is 11.6 Å². The van der Waals surface area contributed by atoms with Crippen molar-refractivity contribution in [2.75, 3.05) is 6.61 Å². The normalized spacial score (nSPS) is 32.2. The van der Waals surface area contributed by atoms with E-state index in [9.17, 15) is 14.4 Å². The predicted octanol–water partition coefficient (Wildman–Crippen LogP) is 1.19. The number of hydrogen-bond donors (Lipinski definition) is 1. The van der Waals surface area contributed by atoms with Crippen molar-refractivity contribution in [2.45, 2.75) is 38.5 Å². The molecule has 1 aromatic carbocycles. The van der Waals surface area contributed by atoms with Crippen LogP contribution >= 0.6 is 0 Å². The van der Waals surface area contributed by atoms with E-state index in [1.165, 1.54) is 6.07 Å². The Balaban J connectivity index is 1.70. The van der Waals surface area contributed by atoms with E-state index >= 15 is 0 Å². The molecule has 1 aromatic rings. The molecule has 3 aliphatic rings. The maximum Gasteiger partial charge on any atom is 0.412 e. The fourth-order valence-electron chi connectivity index (χ4n) is 4.33. The van der Waals surface area contributed by atoms with Gasteiger partial charge in [-0.3, -0.25) is 14.5 Å². The Kier molecular flexibility index (Phi) is 2.68. The van der Waals surface area contributed by atoms with E-state index in [1.54, 1.807) is 28.0 Å². The van der Waals surface area contributed by atoms with Crippen molar-refractivity contribution in [1.82, 2.24) is 9.80 Å². The van der Waals surface area contributed by atoms with E-state index in [1.807, 2.05) is 20.8 Å². The third-order valence-electron chi connectivity index (χ3n) is 5.45. The molecule has 3 fully saturated rings. The van der Waals surface area contributed by atoms with Crippen molar-refractivity contribution in [1.29, 1.82) is 0 Å². The molecule has 3 saturated heterocycles. The van der Waals surface area contributed by atoms with Crippen molar-refractivity contribution in [2.24, 2.45) is 11.1 Å². The monoisotopic (exact) mass is 329 g/mol. The number of benzene rings is 1. The molecule has 3 amide bonds. The molecular weight excluding hydrogens is 310 g/mol. The van der Waals surface area contributed by atoms with Crippen LogP contribution in [0.15, 0.2) is 24.3 Å². The summed E-state index contributed by atoms with van der Waals surface area (Å²) in [4.78, 5) is 40.0. The highest BCUT2D eigenvalue weighted by Gasteiger charge is 2.89. The van der Waals surface area contributed by atoms with Crippen LogP contribution in [0.2, 0.25) is 0 Å². The number of nitrogens with two attached hydrogens (primary N) is 1. The summed E-state index contributed by atoms with van der Waals surface area (Å²) in [5, 5.41) is 0. The summed E-state index contributed by atoms with van der Waals surface area (Å²) in [5.41, 5.74) is 4.98. The molecule has 0 bridgehead atoms. The standard InChI is InChI=1S/C17H19N3O4/c1-9-17(14-16(2,3)8-24-15(23)20(14)17)19(9)13(22)11-7-5-4-6-10(11)12(18)21/h4-7,9,14H,8H2,1-3H3,(H2,18,21)/t9?,14-,17-,19?,20?/m0/s1. The lowest BCUT2D eigenvalue weighted by atomic mass is 9.87. The van der Waals surface area contributed by atoms with Gasteiger partial charge in [0.25, 0.3) is 5.91 Å². The summed E-state index contributed by atoms with van der Waals surface area (Å²) < 4.78 is 5.24. The molecule has 3 aliphatic heterocycles. The average Bonchev–Trinajstić information content (AvgIpc) is 3.39. The topological polar surface area (TPSA) is 92.5 Å². The summed E-state index contributed by atoms with van der Waals surface area (Å²) in [7, 11) is 0. The second kappa shape index (κ2) is 4.28. The summed E-state index contributed by atoms with van der Waals surface area (Å²) in [6, 6.07) is 6.30. The van der Waals surface area contributed by atoms with Gasteiger partial charge < -0.3 is 15.4 Å². The number of fused-ring (bicyclic) bond motifs is 3. The molecule has 4 rings (SSSR count). The van der Waals surface area contributed by atoms with Gasteiger partial charge in [-0.25, -0.2) is 4.79 Å². The Morgan fingerprint density at radius 3 is 2.46 bits per heavy atom. The smallest absolute Gasteiger partial charge is 0.412 e. The van der Waals surface area contributed by atoms with Gasteiger partial charge in [0.15, 0.2) is 5.66 Å². The van der Waals surface area contributed by atoms with Crippen LogP contribution in [0.4, 0.5) is 4.79 Å². The van der Waals surface area contributed by atoms with Crippen molar-refractivity contribution >= 4 is 17.9 Å². The van der Waals surface area contributed by atoms with Gasteiger partial charge in [0, 0.05) is 5.41 Å². The number of amides is 3. The van der Waals surface area contributed by atoms with Gasteiger partial charge in [-0.05, 0) is 19.1 Å². The Labute approximate surface area is 139 Å². The third kappa shape index (κ3) is 1.59. The van der Waals surface area contributed by atoms with Gasteiger partial charge in [0.2, 0.25) is 5.91 Å². The van der Waals surface area contributed by atoms with E-state index in [2.05, 4.69) is 0 Å². The molecule has 0 saturated carbocycles. The zero-order valence-electron chi connectivity index (χ0n) is 13.8. The lowest BCUT2D eigenvalue weighted by Crippen LogP contribution is -2.37. The SMILES string of the molecule is CC1N(C(=O)c2ccccc2C(N)=O)[C@@]12[C@H]1N2C(=O)OCC1(C)C. The first-order valence-corrected chi connectivity index (χ1v) is 7.93. The van der Waals surface area contributed by atoms with Crippen LogP contribution in [0.5, 0.6) is 0 Å². The Morgan fingerprint density at radius 2 is 1.88 bits per heavy atom. The fraction of sp³-hybridized carbons (Fsp3) is 0.471. The van der Waals surface area contributed by atoms with Gasteiger partial charge in [-0.1, -0.05) is 26.0 Å². The molecule has 3 atom stereocenters. The number of cyclic esters (lactones) is 1. The van der Waals surface area contributed by atoms with E-state index in [4.69, 9.17) is 10.5 Å². The highest BCUT2D eigenvalue weighted by molar-refractivity contribution is 6.08. The maximum atomic E-state index is 13.0. The maximum absolute atomic E-state index is 13.0. The van der Waals surface area contributed by atoms with Crippen LogP contribution in [0, 0.1) is 5.41 Å². The van der Waals surface area contributed by atoms with Crippen molar-refractivity contribution in [3.8, 4) is 0 Å². The summed E-state index contributed by atoms with van der Waals surface area (Å²) in [6.45, 7) is 6.29. The lowest BCUT2D eigenvalue weighted by molar-refractivity contribution is 0.0494. The number of carbonyl (C=O) groups excluding carboxylic acids is 3. The molecule has 7 nitrogen and oxygen atoms in total. The van der Waals surface area contributed by atoms with Crippen LogP contribution in [-0.4, -0.2) is 52.1 Å². The molecule has 0 radical (unpaired) electrons. The first-order valence-electron chi connectivity index (χ1n) is 7.93. The van der Waals surface area contributed by atoms with Gasteiger partial charge in [0.1, 0.15) is 6.61 Å². The van der Waals surface area contributed by atoms with Crippen LogP contribution < -0.4 is 5.73 Å². The minimum Gasteiger partial charge on any atom is -0.449 e. The van der Waals surface area contributed by atoms with Gasteiger partial charge in [-0.15, -0.1) is 0 Å². The highest BCUT2D eigenvalue weighted by atomic mass is 16.6. The molecular formula is C17H19N3O4. The lowest BCUT2D eigenvalue weighted by Gasteiger charge is -2.27. The van der Waals surface area contributed by atoms with Gasteiger partial charge >= 0.3 is 6.09 Å². The largest absolute Gasteiger partial charge is 0.449 e. The number of rotatable bonds is 2. The first kappa shape index (κ1) is 15.0. The predicted molar refractivity (Wildman–Crippen MR) is 84.1 cm³/mol. The number of carbonyl (C=O) groups is 3. The van der Waals surface area contributed by atoms with Crippen LogP contribution in [0.3, 0.4) is 0 Å². The number of ether oxygens (including phenoxy) is 1. The quantitative estimate of drug-likeness (QED) is 0.825. The molecule has 24 heavy (non-hydrogen) atoms. The average molecular weight is 329 g/mol. The van der Waals surface area contributed by atoms with E-state index in [0.717, 1.165) is 0 Å². The molecule has 7 heteroatoms. The minimum absolute atomic E-state index is 0.0639. The zero-order chi connectivity index (χ0) is 17.4. The van der Waals surface area contributed by atoms with Gasteiger partial charge in [0.05, 0.1) is 23.2 Å². The number of primary amides is 1. The Morgan fingerprint density at radius 1 is 1.25 bits per heavy atom. The second-order valence-electron chi connectivity index (χ2n) is 7.36. The molecule has 3 heterocycles. The number of hydrogen-bond acceptors (Lipinski definition) is 4. The zero-order valence-corrected chi connectivity index (χ0v) is 13.8. The van der Waals surface area contributed by atoms with Gasteiger partial charge in [-0.2, -0.15) is 0 Å². The fourth-order valence-corrected chi connectivity index (χ4v) is 4.33. The summed E-state index contributed by atoms with van der Waals surface area (Å²) in [6.07, 6.45) is -0.385. The first-order chi connectivity index (χ1) is 11.2. The molecule has 1 unspecified atom stereocenters. The highest BCUT2D eigenvalue weighted by Crippen LogP contribution is 2.67. The van der Waals surface area contributed by atoms with Crippen molar-refractivity contribution in [3.63, 3.8) is 0 Å². The van der Waals surface area contributed by atoms with Crippen molar-refractivity contribution in [3.05, 3.63) is 35.4 Å². The van der Waals surface area contributed by atoms with Crippen LogP contribution in [-0.2, 0) is 4.74 Å². The summed E-state index contributed by atoms with van der Waals surface area (Å²) >= 11 is 0. The van der Waals surface area contributed by atoms with Crippen LogP contribution in [0.1, 0.15) is 41.5 Å². The molecule has 1 spiro atoms. The third-order valence-corrected chi connectivity index (χ3v) is 5.45. The number of nitrogens with zero attached hydrogens (tertiary/aromatic N) is 2. The Bertz CT molecular complexity index is 790. The molecule has 126 valence electrons. The summed E-state index contributed by atoms with van der Waals surface area (Å²) in [5.74, 6) is -0.925. The van der Waals surface area contributed by atoms with Crippen LogP contribution in [0.25, 0.3) is 0 Å². The van der Waals surface area contributed by atoms with Crippen molar-refractivity contribution < 1.29 is 19.1 Å². The minimum atomic E-state index is -0.643. The molecule has 0 aromatic heterocycles. The van der Waals surface area contributed by atoms with E-state index in [-0.39, 0.29) is 40.6 Å². The Hall–Kier alpha value is -2.57. The molecule has 2 N–H and O–H groups in total.